The SMILES string of the molecule is CCOC(=O)c1sc2nc(C(C)Sc3nnnn3C)[nH]c(=O)c2c1C. The molecule has 132 valence electrons. The van der Waals surface area contributed by atoms with E-state index in [-0.39, 0.29) is 17.4 Å². The number of carbonyl (C=O) groups excluding carboxylic acids is 1. The molecule has 25 heavy (non-hydrogen) atoms. The molecule has 3 heterocycles. The van der Waals surface area contributed by atoms with Gasteiger partial charge >= 0.3 is 5.97 Å². The molecule has 0 saturated heterocycles. The highest BCUT2D eigenvalue weighted by Gasteiger charge is 2.22. The first-order valence-electron chi connectivity index (χ1n) is 7.51. The summed E-state index contributed by atoms with van der Waals surface area (Å²) < 4.78 is 6.59. The van der Waals surface area contributed by atoms with E-state index in [0.717, 1.165) is 0 Å². The molecule has 9 nitrogen and oxygen atoms in total. The number of esters is 1. The number of thiophene rings is 1. The van der Waals surface area contributed by atoms with Crippen molar-refractivity contribution in [3.63, 3.8) is 0 Å². The predicted octanol–water partition coefficient (Wildman–Crippen LogP) is 1.85. The van der Waals surface area contributed by atoms with Crippen LogP contribution in [0.2, 0.25) is 0 Å². The van der Waals surface area contributed by atoms with Crippen LogP contribution >= 0.6 is 23.1 Å². The van der Waals surface area contributed by atoms with Crippen LogP contribution in [0.3, 0.4) is 0 Å². The molecule has 0 aliphatic rings. The lowest BCUT2D eigenvalue weighted by molar-refractivity contribution is 0.0531. The molecule has 1 N–H and O–H groups in total. The van der Waals surface area contributed by atoms with Gasteiger partial charge in [-0.2, -0.15) is 0 Å². The third-order valence-electron chi connectivity index (χ3n) is 3.53. The fourth-order valence-corrected chi connectivity index (χ4v) is 4.17. The van der Waals surface area contributed by atoms with Crippen molar-refractivity contribution in [2.24, 2.45) is 7.05 Å². The van der Waals surface area contributed by atoms with Gasteiger partial charge in [0, 0.05) is 7.05 Å². The van der Waals surface area contributed by atoms with Gasteiger partial charge in [0.25, 0.3) is 5.56 Å². The van der Waals surface area contributed by atoms with Gasteiger partial charge in [0.2, 0.25) is 5.16 Å². The fraction of sp³-hybridized carbons (Fsp3) is 0.429. The maximum atomic E-state index is 12.5. The zero-order valence-corrected chi connectivity index (χ0v) is 15.7. The molecule has 0 aliphatic carbocycles. The predicted molar refractivity (Wildman–Crippen MR) is 94.0 cm³/mol. The molecule has 1 unspecified atom stereocenters. The van der Waals surface area contributed by atoms with Gasteiger partial charge in [0.1, 0.15) is 15.5 Å². The summed E-state index contributed by atoms with van der Waals surface area (Å²) in [5.41, 5.74) is 0.324. The smallest absolute Gasteiger partial charge is 0.348 e. The Morgan fingerprint density at radius 1 is 1.48 bits per heavy atom. The monoisotopic (exact) mass is 380 g/mol. The molecule has 0 aromatic carbocycles. The number of ether oxygens (including phenoxy) is 1. The molecule has 3 rings (SSSR count). The third kappa shape index (κ3) is 3.29. The first kappa shape index (κ1) is 17.5. The summed E-state index contributed by atoms with van der Waals surface area (Å²) in [4.78, 5) is 32.8. The second-order valence-corrected chi connectivity index (χ2v) is 7.56. The van der Waals surface area contributed by atoms with Gasteiger partial charge in [-0.05, 0) is 36.8 Å². The van der Waals surface area contributed by atoms with Crippen molar-refractivity contribution in [3.05, 3.63) is 26.6 Å². The van der Waals surface area contributed by atoms with Crippen LogP contribution in [0.15, 0.2) is 9.95 Å². The number of tetrazole rings is 1. The normalized spacial score (nSPS) is 12.5. The molecule has 11 heteroatoms. The number of hydrogen-bond acceptors (Lipinski definition) is 9. The van der Waals surface area contributed by atoms with Crippen molar-refractivity contribution >= 4 is 39.3 Å². The van der Waals surface area contributed by atoms with Crippen molar-refractivity contribution in [3.8, 4) is 0 Å². The van der Waals surface area contributed by atoms with Gasteiger partial charge in [-0.3, -0.25) is 4.79 Å². The molecular formula is C14H16N6O3S2. The first-order valence-corrected chi connectivity index (χ1v) is 9.21. The maximum absolute atomic E-state index is 12.5. The molecule has 3 aromatic rings. The van der Waals surface area contributed by atoms with Crippen molar-refractivity contribution in [2.45, 2.75) is 31.2 Å². The van der Waals surface area contributed by atoms with Crippen LogP contribution in [0.4, 0.5) is 0 Å². The number of rotatable bonds is 5. The lowest BCUT2D eigenvalue weighted by atomic mass is 10.2. The second kappa shape index (κ2) is 6.92. The number of thioether (sulfide) groups is 1. The van der Waals surface area contributed by atoms with E-state index in [1.54, 1.807) is 25.6 Å². The van der Waals surface area contributed by atoms with Crippen LogP contribution in [0.1, 0.15) is 40.2 Å². The summed E-state index contributed by atoms with van der Waals surface area (Å²) in [6.07, 6.45) is 0. The van der Waals surface area contributed by atoms with Crippen LogP contribution in [0, 0.1) is 6.92 Å². The molecule has 0 aliphatic heterocycles. The third-order valence-corrected chi connectivity index (χ3v) is 5.83. The molecular weight excluding hydrogens is 364 g/mol. The minimum absolute atomic E-state index is 0.171. The molecule has 0 amide bonds. The minimum Gasteiger partial charge on any atom is -0.462 e. The molecule has 0 bridgehead atoms. The van der Waals surface area contributed by atoms with E-state index in [2.05, 4.69) is 25.5 Å². The van der Waals surface area contributed by atoms with Crippen LogP contribution in [0.25, 0.3) is 10.2 Å². The minimum atomic E-state index is -0.434. The Balaban J connectivity index is 2.00. The van der Waals surface area contributed by atoms with Gasteiger partial charge in [-0.15, -0.1) is 16.4 Å². The first-order chi connectivity index (χ1) is 11.9. The van der Waals surface area contributed by atoms with E-state index in [1.165, 1.54) is 23.1 Å². The van der Waals surface area contributed by atoms with E-state index in [4.69, 9.17) is 4.74 Å². The van der Waals surface area contributed by atoms with Crippen LogP contribution < -0.4 is 5.56 Å². The Labute approximate surface area is 150 Å². The van der Waals surface area contributed by atoms with E-state index >= 15 is 0 Å². The number of hydrogen-bond donors (Lipinski definition) is 1. The largest absolute Gasteiger partial charge is 0.462 e. The summed E-state index contributed by atoms with van der Waals surface area (Å²) in [6.45, 7) is 5.65. The summed E-state index contributed by atoms with van der Waals surface area (Å²) in [7, 11) is 1.74. The summed E-state index contributed by atoms with van der Waals surface area (Å²) in [5.74, 6) is 0.0682. The average Bonchev–Trinajstić information content (AvgIpc) is 3.11. The highest BCUT2D eigenvalue weighted by Crippen LogP contribution is 2.33. The number of carbonyl (C=O) groups is 1. The highest BCUT2D eigenvalue weighted by atomic mass is 32.2. The summed E-state index contributed by atoms with van der Waals surface area (Å²) >= 11 is 2.55. The van der Waals surface area contributed by atoms with E-state index in [9.17, 15) is 9.59 Å². The zero-order chi connectivity index (χ0) is 18.1. The number of aromatic nitrogens is 6. The molecule has 1 atom stereocenters. The quantitative estimate of drug-likeness (QED) is 0.526. The topological polar surface area (TPSA) is 116 Å². The van der Waals surface area contributed by atoms with Gasteiger partial charge in [0.05, 0.1) is 17.2 Å². The lowest BCUT2D eigenvalue weighted by Gasteiger charge is -2.08. The fourth-order valence-electron chi connectivity index (χ4n) is 2.28. The van der Waals surface area contributed by atoms with Crippen molar-refractivity contribution in [1.82, 2.24) is 30.2 Å². The summed E-state index contributed by atoms with van der Waals surface area (Å²) in [6, 6.07) is 0. The Morgan fingerprint density at radius 2 is 2.24 bits per heavy atom. The Kier molecular flexibility index (Phi) is 4.86. The van der Waals surface area contributed by atoms with Crippen LogP contribution in [0.5, 0.6) is 0 Å². The standard InChI is InChI=1S/C14H16N6O3S2/c1-5-23-13(22)9-6(2)8-11(21)15-10(16-12(8)25-9)7(3)24-14-17-18-19-20(14)4/h7H,5H2,1-4H3,(H,15,16,21). The van der Waals surface area contributed by atoms with E-state index in [0.29, 0.717) is 31.6 Å². The van der Waals surface area contributed by atoms with Gasteiger partial charge in [-0.1, -0.05) is 11.8 Å². The Morgan fingerprint density at radius 3 is 2.88 bits per heavy atom. The number of fused-ring (bicyclic) bond motifs is 1. The zero-order valence-electron chi connectivity index (χ0n) is 14.1. The van der Waals surface area contributed by atoms with Crippen LogP contribution in [-0.2, 0) is 11.8 Å². The number of nitrogens with one attached hydrogen (secondary N) is 1. The highest BCUT2D eigenvalue weighted by molar-refractivity contribution is 7.99. The molecule has 0 radical (unpaired) electrons. The number of aromatic amines is 1. The van der Waals surface area contributed by atoms with Gasteiger partial charge in [0.15, 0.2) is 0 Å². The van der Waals surface area contributed by atoms with E-state index < -0.39 is 5.97 Å². The average molecular weight is 380 g/mol. The molecule has 0 spiro atoms. The van der Waals surface area contributed by atoms with Gasteiger partial charge in [-0.25, -0.2) is 14.5 Å². The number of aryl methyl sites for hydroxylation is 2. The molecule has 0 saturated carbocycles. The maximum Gasteiger partial charge on any atom is 0.348 e. The summed E-state index contributed by atoms with van der Waals surface area (Å²) in [5, 5.41) is 12.1. The molecule has 3 aromatic heterocycles. The lowest BCUT2D eigenvalue weighted by Crippen LogP contribution is -2.13. The van der Waals surface area contributed by atoms with Crippen molar-refractivity contribution < 1.29 is 9.53 Å². The van der Waals surface area contributed by atoms with Crippen molar-refractivity contribution in [1.29, 1.82) is 0 Å². The van der Waals surface area contributed by atoms with Crippen LogP contribution in [-0.4, -0.2) is 42.8 Å². The second-order valence-electron chi connectivity index (χ2n) is 5.25. The van der Waals surface area contributed by atoms with Gasteiger partial charge < -0.3 is 9.72 Å². The van der Waals surface area contributed by atoms with Crippen molar-refractivity contribution in [2.75, 3.05) is 6.61 Å². The Bertz CT molecular complexity index is 992. The number of nitrogens with zero attached hydrogens (tertiary/aromatic N) is 5. The Hall–Kier alpha value is -2.27. The number of H-pyrrole nitrogens is 1. The van der Waals surface area contributed by atoms with E-state index in [1.807, 2.05) is 6.92 Å². The molecule has 0 fully saturated rings.